The van der Waals surface area contributed by atoms with Crippen molar-refractivity contribution in [1.29, 1.82) is 0 Å². The van der Waals surface area contributed by atoms with Gasteiger partial charge in [-0.3, -0.25) is 9.59 Å². The molecule has 0 bridgehead atoms. The van der Waals surface area contributed by atoms with Crippen molar-refractivity contribution in [2.24, 2.45) is 11.8 Å². The first-order chi connectivity index (χ1) is 6.15. The fourth-order valence-electron chi connectivity index (χ4n) is 1.82. The molecule has 1 rings (SSSR count). The van der Waals surface area contributed by atoms with E-state index in [1.54, 1.807) is 0 Å². The van der Waals surface area contributed by atoms with E-state index in [1.807, 2.05) is 6.92 Å². The molecule has 0 heterocycles. The number of rotatable bonds is 1. The number of esters is 1. The van der Waals surface area contributed by atoms with Crippen LogP contribution in [0.25, 0.3) is 0 Å². The first kappa shape index (κ1) is 10.2. The molecule has 1 fully saturated rings. The Balaban J connectivity index is 2.61. The summed E-state index contributed by atoms with van der Waals surface area (Å²) in [5.41, 5.74) is 0. The van der Waals surface area contributed by atoms with Crippen LogP contribution in [-0.2, 0) is 14.3 Å². The molecule has 0 N–H and O–H groups in total. The second kappa shape index (κ2) is 4.40. The number of ketones is 1. The average molecular weight is 184 g/mol. The molecule has 0 radical (unpaired) electrons. The van der Waals surface area contributed by atoms with Crippen molar-refractivity contribution >= 4 is 11.8 Å². The van der Waals surface area contributed by atoms with Gasteiger partial charge in [-0.15, -0.1) is 0 Å². The lowest BCUT2D eigenvalue weighted by molar-refractivity contribution is -0.147. The SMILES string of the molecule is COC(=O)[C@@H]1CCC(=O)CCC1C. The van der Waals surface area contributed by atoms with Gasteiger partial charge < -0.3 is 4.74 Å². The average Bonchev–Trinajstić information content (AvgIpc) is 2.28. The predicted octanol–water partition coefficient (Wildman–Crippen LogP) is 1.55. The van der Waals surface area contributed by atoms with Crippen LogP contribution in [0.15, 0.2) is 0 Å². The van der Waals surface area contributed by atoms with Crippen LogP contribution in [0.1, 0.15) is 32.6 Å². The third kappa shape index (κ3) is 2.54. The van der Waals surface area contributed by atoms with Crippen molar-refractivity contribution in [3.8, 4) is 0 Å². The summed E-state index contributed by atoms with van der Waals surface area (Å²) in [5.74, 6) is 0.316. The Bertz CT molecular complexity index is 210. The molecule has 2 atom stereocenters. The maximum absolute atomic E-state index is 11.3. The summed E-state index contributed by atoms with van der Waals surface area (Å²) in [5, 5.41) is 0. The van der Waals surface area contributed by atoms with Crippen molar-refractivity contribution in [2.45, 2.75) is 32.6 Å². The Morgan fingerprint density at radius 3 is 2.62 bits per heavy atom. The number of ether oxygens (including phenoxy) is 1. The van der Waals surface area contributed by atoms with Gasteiger partial charge in [0.1, 0.15) is 5.78 Å². The Hall–Kier alpha value is -0.860. The lowest BCUT2D eigenvalue weighted by atomic mass is 9.90. The molecule has 1 saturated carbocycles. The smallest absolute Gasteiger partial charge is 0.308 e. The van der Waals surface area contributed by atoms with E-state index in [1.165, 1.54) is 7.11 Å². The van der Waals surface area contributed by atoms with Crippen LogP contribution in [0.4, 0.5) is 0 Å². The molecule has 0 aromatic heterocycles. The lowest BCUT2D eigenvalue weighted by Crippen LogP contribution is -2.22. The minimum absolute atomic E-state index is 0.0727. The predicted molar refractivity (Wildman–Crippen MR) is 48.1 cm³/mol. The van der Waals surface area contributed by atoms with Gasteiger partial charge in [-0.1, -0.05) is 6.92 Å². The summed E-state index contributed by atoms with van der Waals surface area (Å²) in [6.45, 7) is 2.01. The van der Waals surface area contributed by atoms with E-state index in [9.17, 15) is 9.59 Å². The van der Waals surface area contributed by atoms with Gasteiger partial charge in [0, 0.05) is 12.8 Å². The molecule has 13 heavy (non-hydrogen) atoms. The van der Waals surface area contributed by atoms with E-state index >= 15 is 0 Å². The summed E-state index contributed by atoms with van der Waals surface area (Å²) < 4.78 is 4.70. The van der Waals surface area contributed by atoms with Crippen LogP contribution in [0, 0.1) is 11.8 Å². The minimum atomic E-state index is -0.165. The van der Waals surface area contributed by atoms with E-state index in [2.05, 4.69) is 0 Å². The second-order valence-electron chi connectivity index (χ2n) is 3.72. The highest BCUT2D eigenvalue weighted by atomic mass is 16.5. The van der Waals surface area contributed by atoms with Crippen molar-refractivity contribution in [2.75, 3.05) is 7.11 Å². The van der Waals surface area contributed by atoms with Crippen molar-refractivity contribution in [1.82, 2.24) is 0 Å². The monoisotopic (exact) mass is 184 g/mol. The molecule has 0 spiro atoms. The van der Waals surface area contributed by atoms with Gasteiger partial charge >= 0.3 is 5.97 Å². The largest absolute Gasteiger partial charge is 0.469 e. The molecule has 1 aliphatic carbocycles. The summed E-state index contributed by atoms with van der Waals surface area (Å²) in [6, 6.07) is 0. The summed E-state index contributed by atoms with van der Waals surface area (Å²) in [6.07, 6.45) is 2.63. The molecular formula is C10H16O3. The van der Waals surface area contributed by atoms with Gasteiger partial charge in [-0.2, -0.15) is 0 Å². The standard InChI is InChI=1S/C10H16O3/c1-7-3-4-8(11)5-6-9(7)10(12)13-2/h7,9H,3-6H2,1-2H3/t7?,9-/m1/s1. The summed E-state index contributed by atoms with van der Waals surface area (Å²) in [4.78, 5) is 22.4. The Labute approximate surface area is 78.5 Å². The maximum Gasteiger partial charge on any atom is 0.308 e. The zero-order valence-electron chi connectivity index (χ0n) is 8.21. The number of methoxy groups -OCH3 is 1. The van der Waals surface area contributed by atoms with Gasteiger partial charge in [-0.25, -0.2) is 0 Å². The van der Waals surface area contributed by atoms with E-state index < -0.39 is 0 Å². The van der Waals surface area contributed by atoms with Crippen LogP contribution in [0.2, 0.25) is 0 Å². The van der Waals surface area contributed by atoms with Crippen LogP contribution >= 0.6 is 0 Å². The first-order valence-corrected chi connectivity index (χ1v) is 4.74. The van der Waals surface area contributed by atoms with Gasteiger partial charge in [-0.05, 0) is 18.8 Å². The highest BCUT2D eigenvalue weighted by molar-refractivity contribution is 5.80. The highest BCUT2D eigenvalue weighted by Gasteiger charge is 2.29. The summed E-state index contributed by atoms with van der Waals surface area (Å²) >= 11 is 0. The topological polar surface area (TPSA) is 43.4 Å². The lowest BCUT2D eigenvalue weighted by Gasteiger charge is -2.17. The Morgan fingerprint density at radius 2 is 2.00 bits per heavy atom. The first-order valence-electron chi connectivity index (χ1n) is 4.74. The molecule has 0 aromatic carbocycles. The quantitative estimate of drug-likeness (QED) is 0.458. The zero-order chi connectivity index (χ0) is 9.84. The molecule has 0 aliphatic heterocycles. The summed E-state index contributed by atoms with van der Waals surface area (Å²) in [7, 11) is 1.40. The molecule has 3 nitrogen and oxygen atoms in total. The van der Waals surface area contributed by atoms with Crippen LogP contribution < -0.4 is 0 Å². The maximum atomic E-state index is 11.3. The normalized spacial score (nSPS) is 29.5. The number of carbonyl (C=O) groups excluding carboxylic acids is 2. The minimum Gasteiger partial charge on any atom is -0.469 e. The molecule has 0 aromatic rings. The van der Waals surface area contributed by atoms with Crippen LogP contribution in [0.5, 0.6) is 0 Å². The van der Waals surface area contributed by atoms with Gasteiger partial charge in [0.15, 0.2) is 0 Å². The number of hydrogen-bond acceptors (Lipinski definition) is 3. The number of Topliss-reactive ketones (excluding diaryl/α,β-unsaturated/α-hetero) is 1. The van der Waals surface area contributed by atoms with Crippen LogP contribution in [-0.4, -0.2) is 18.9 Å². The fraction of sp³-hybridized carbons (Fsp3) is 0.800. The Morgan fingerprint density at radius 1 is 1.38 bits per heavy atom. The fourth-order valence-corrected chi connectivity index (χ4v) is 1.82. The van der Waals surface area contributed by atoms with E-state index in [0.29, 0.717) is 19.3 Å². The molecule has 74 valence electrons. The van der Waals surface area contributed by atoms with E-state index in [0.717, 1.165) is 6.42 Å². The molecule has 1 unspecified atom stereocenters. The van der Waals surface area contributed by atoms with E-state index in [-0.39, 0.29) is 23.6 Å². The third-order valence-electron chi connectivity index (χ3n) is 2.80. The van der Waals surface area contributed by atoms with Crippen molar-refractivity contribution < 1.29 is 14.3 Å². The highest BCUT2D eigenvalue weighted by Crippen LogP contribution is 2.27. The number of hydrogen-bond donors (Lipinski definition) is 0. The molecule has 3 heteroatoms. The molecule has 0 saturated heterocycles. The third-order valence-corrected chi connectivity index (χ3v) is 2.80. The van der Waals surface area contributed by atoms with E-state index in [4.69, 9.17) is 4.74 Å². The van der Waals surface area contributed by atoms with Gasteiger partial charge in [0.05, 0.1) is 13.0 Å². The van der Waals surface area contributed by atoms with Crippen LogP contribution in [0.3, 0.4) is 0 Å². The second-order valence-corrected chi connectivity index (χ2v) is 3.72. The molecule has 0 amide bonds. The van der Waals surface area contributed by atoms with Crippen molar-refractivity contribution in [3.05, 3.63) is 0 Å². The Kier molecular flexibility index (Phi) is 3.46. The van der Waals surface area contributed by atoms with Gasteiger partial charge in [0.25, 0.3) is 0 Å². The molecular weight excluding hydrogens is 168 g/mol. The zero-order valence-corrected chi connectivity index (χ0v) is 8.21. The number of carbonyl (C=O) groups is 2. The molecule has 1 aliphatic rings. The van der Waals surface area contributed by atoms with Gasteiger partial charge in [0.2, 0.25) is 0 Å². The van der Waals surface area contributed by atoms with Crippen molar-refractivity contribution in [3.63, 3.8) is 0 Å².